The molecule has 2 nitrogen and oxygen atoms in total. The van der Waals surface area contributed by atoms with Gasteiger partial charge in [-0.15, -0.1) is 6.58 Å². The second kappa shape index (κ2) is 14.7. The van der Waals surface area contributed by atoms with Crippen molar-refractivity contribution in [2.24, 2.45) is 5.92 Å². The number of aryl methyl sites for hydroxylation is 2. The highest BCUT2D eigenvalue weighted by Crippen LogP contribution is 2.39. The maximum Gasteiger partial charge on any atom is 0.201 e. The van der Waals surface area contributed by atoms with E-state index in [2.05, 4.69) is 13.5 Å². The molecule has 1 atom stereocenters. The zero-order chi connectivity index (χ0) is 29.4. The smallest absolute Gasteiger partial charge is 0.201 e. The number of hydrogen-bond donors (Lipinski definition) is 1. The van der Waals surface area contributed by atoms with Gasteiger partial charge in [0.15, 0.2) is 23.2 Å². The van der Waals surface area contributed by atoms with E-state index in [1.165, 1.54) is 12.1 Å². The number of ether oxygens (including phenoxy) is 1. The molecule has 0 heterocycles. The average Bonchev–Trinajstić information content (AvgIpc) is 2.99. The van der Waals surface area contributed by atoms with Gasteiger partial charge in [0, 0.05) is 5.56 Å². The van der Waals surface area contributed by atoms with E-state index in [1.807, 2.05) is 0 Å². The van der Waals surface area contributed by atoms with Crippen LogP contribution in [0.3, 0.4) is 0 Å². The fraction of sp³-hybridized carbons (Fsp3) is 0.429. The molecule has 1 fully saturated rings. The van der Waals surface area contributed by atoms with Crippen molar-refractivity contribution >= 4 is 0 Å². The number of benzene rings is 3. The van der Waals surface area contributed by atoms with E-state index in [1.54, 1.807) is 42.5 Å². The minimum Gasteiger partial charge on any atom is -0.490 e. The Bertz CT molecular complexity index is 1300. The molecule has 0 radical (unpaired) electrons. The van der Waals surface area contributed by atoms with Crippen LogP contribution in [-0.2, 0) is 12.8 Å². The van der Waals surface area contributed by atoms with Crippen LogP contribution < -0.4 is 4.74 Å². The summed E-state index contributed by atoms with van der Waals surface area (Å²) in [6.07, 6.45) is 8.51. The summed E-state index contributed by atoms with van der Waals surface area (Å²) in [6.45, 7) is 5.95. The van der Waals surface area contributed by atoms with Crippen molar-refractivity contribution in [2.45, 2.75) is 83.2 Å². The third kappa shape index (κ3) is 7.59. The first-order valence-corrected chi connectivity index (χ1v) is 14.8. The van der Waals surface area contributed by atoms with Crippen molar-refractivity contribution in [3.8, 4) is 16.9 Å². The molecule has 1 aliphatic rings. The molecular weight excluding hydrogens is 528 g/mol. The lowest BCUT2D eigenvalue weighted by molar-refractivity contribution is 0.0727. The van der Waals surface area contributed by atoms with Crippen LogP contribution in [0.1, 0.15) is 80.9 Å². The Morgan fingerprint density at radius 2 is 1.61 bits per heavy atom. The van der Waals surface area contributed by atoms with Gasteiger partial charge < -0.3 is 9.84 Å². The first-order chi connectivity index (χ1) is 19.8. The highest BCUT2D eigenvalue weighted by atomic mass is 19.2. The number of rotatable bonds is 13. The minimum atomic E-state index is -1.02. The fourth-order valence-corrected chi connectivity index (χ4v) is 5.87. The van der Waals surface area contributed by atoms with E-state index >= 15 is 8.78 Å². The number of hydrogen-bond acceptors (Lipinski definition) is 2. The van der Waals surface area contributed by atoms with Gasteiger partial charge in [-0.05, 0) is 104 Å². The zero-order valence-electron chi connectivity index (χ0n) is 23.8. The van der Waals surface area contributed by atoms with E-state index < -0.39 is 23.3 Å². The lowest BCUT2D eigenvalue weighted by Gasteiger charge is -2.32. The predicted molar refractivity (Wildman–Crippen MR) is 156 cm³/mol. The molecule has 41 heavy (non-hydrogen) atoms. The molecule has 1 N–H and O–H groups in total. The Labute approximate surface area is 241 Å². The highest BCUT2D eigenvalue weighted by Gasteiger charge is 2.29. The summed E-state index contributed by atoms with van der Waals surface area (Å²) in [5.41, 5.74) is 2.28. The SMILES string of the molecule is C=CCCCOc1ccc(-c2ccc(CCc3ccc(C4CCC(C(O)CCC)CC4)c(F)c3F)cc2)c(F)c1F. The third-order valence-electron chi connectivity index (χ3n) is 8.34. The standard InChI is InChI=1S/C35H40F4O2/c1-3-5-6-22-41-31-21-20-29(34(38)35(31)39)24-11-8-23(9-12-24)10-13-27-18-19-28(33(37)32(27)36)25-14-16-26(17-15-25)30(40)7-4-2/h3,8-9,11-12,18-21,25-26,30,40H,1,4-7,10,13-17,22H2,2H3. The van der Waals surface area contributed by atoms with Gasteiger partial charge in [0.1, 0.15) is 0 Å². The van der Waals surface area contributed by atoms with E-state index in [9.17, 15) is 13.9 Å². The largest absolute Gasteiger partial charge is 0.490 e. The fourth-order valence-electron chi connectivity index (χ4n) is 5.87. The summed E-state index contributed by atoms with van der Waals surface area (Å²) in [4.78, 5) is 0. The summed E-state index contributed by atoms with van der Waals surface area (Å²) in [6, 6.07) is 13.3. The van der Waals surface area contributed by atoms with Crippen molar-refractivity contribution in [1.29, 1.82) is 0 Å². The van der Waals surface area contributed by atoms with Crippen molar-refractivity contribution in [1.82, 2.24) is 0 Å². The first-order valence-electron chi connectivity index (χ1n) is 14.8. The van der Waals surface area contributed by atoms with Crippen molar-refractivity contribution in [2.75, 3.05) is 6.61 Å². The van der Waals surface area contributed by atoms with Crippen molar-refractivity contribution in [3.05, 3.63) is 101 Å². The van der Waals surface area contributed by atoms with Gasteiger partial charge in [-0.3, -0.25) is 0 Å². The van der Waals surface area contributed by atoms with Gasteiger partial charge in [0.25, 0.3) is 0 Å². The lowest BCUT2D eigenvalue weighted by Crippen LogP contribution is -2.25. The number of unbranched alkanes of at least 4 members (excludes halogenated alkanes) is 1. The Hall–Kier alpha value is -3.12. The molecule has 4 rings (SSSR count). The van der Waals surface area contributed by atoms with E-state index in [0.717, 1.165) is 50.5 Å². The summed E-state index contributed by atoms with van der Waals surface area (Å²) < 4.78 is 64.8. The van der Waals surface area contributed by atoms with Gasteiger partial charge in [-0.1, -0.05) is 55.8 Å². The maximum atomic E-state index is 15.1. The van der Waals surface area contributed by atoms with E-state index in [-0.39, 0.29) is 35.9 Å². The van der Waals surface area contributed by atoms with Crippen LogP contribution in [0.15, 0.2) is 61.2 Å². The highest BCUT2D eigenvalue weighted by molar-refractivity contribution is 5.65. The van der Waals surface area contributed by atoms with Gasteiger partial charge in [0.05, 0.1) is 12.7 Å². The molecule has 6 heteroatoms. The molecule has 3 aromatic rings. The topological polar surface area (TPSA) is 29.5 Å². The van der Waals surface area contributed by atoms with Gasteiger partial charge in [0.2, 0.25) is 5.82 Å². The van der Waals surface area contributed by atoms with Gasteiger partial charge in [-0.25, -0.2) is 13.2 Å². The Balaban J connectivity index is 1.36. The molecular formula is C35H40F4O2. The van der Waals surface area contributed by atoms with Gasteiger partial charge in [-0.2, -0.15) is 4.39 Å². The number of halogens is 4. The molecule has 1 aliphatic carbocycles. The van der Waals surface area contributed by atoms with Crippen LogP contribution >= 0.6 is 0 Å². The maximum absolute atomic E-state index is 15.1. The first kappa shape index (κ1) is 30.8. The van der Waals surface area contributed by atoms with Crippen molar-refractivity contribution < 1.29 is 27.4 Å². The lowest BCUT2D eigenvalue weighted by atomic mass is 9.75. The zero-order valence-corrected chi connectivity index (χ0v) is 23.8. The molecule has 0 spiro atoms. The van der Waals surface area contributed by atoms with Crippen LogP contribution in [0.5, 0.6) is 5.75 Å². The predicted octanol–water partition coefficient (Wildman–Crippen LogP) is 9.47. The Kier molecular flexibility index (Phi) is 11.0. The minimum absolute atomic E-state index is 0.0284. The Morgan fingerprint density at radius 3 is 2.29 bits per heavy atom. The van der Waals surface area contributed by atoms with E-state index in [0.29, 0.717) is 36.0 Å². The van der Waals surface area contributed by atoms with E-state index in [4.69, 9.17) is 4.74 Å². The molecule has 0 aromatic heterocycles. The molecule has 0 amide bonds. The molecule has 1 saturated carbocycles. The average molecular weight is 569 g/mol. The van der Waals surface area contributed by atoms with Crippen LogP contribution in [0.25, 0.3) is 11.1 Å². The second-order valence-corrected chi connectivity index (χ2v) is 11.1. The molecule has 0 bridgehead atoms. The number of allylic oxidation sites excluding steroid dienone is 1. The molecule has 0 saturated heterocycles. The third-order valence-corrected chi connectivity index (χ3v) is 8.34. The van der Waals surface area contributed by atoms with Crippen LogP contribution in [-0.4, -0.2) is 17.8 Å². The summed E-state index contributed by atoms with van der Waals surface area (Å²) in [5.74, 6) is -3.45. The quantitative estimate of drug-likeness (QED) is 0.126. The van der Waals surface area contributed by atoms with Crippen molar-refractivity contribution in [3.63, 3.8) is 0 Å². The second-order valence-electron chi connectivity index (χ2n) is 11.1. The molecule has 220 valence electrons. The normalized spacial score (nSPS) is 17.8. The summed E-state index contributed by atoms with van der Waals surface area (Å²) >= 11 is 0. The van der Waals surface area contributed by atoms with Crippen LogP contribution in [0.4, 0.5) is 17.6 Å². The Morgan fingerprint density at radius 1 is 0.878 bits per heavy atom. The van der Waals surface area contributed by atoms with Crippen LogP contribution in [0.2, 0.25) is 0 Å². The number of aliphatic hydroxyl groups excluding tert-OH is 1. The molecule has 3 aromatic carbocycles. The monoisotopic (exact) mass is 568 g/mol. The molecule has 0 aliphatic heterocycles. The summed E-state index contributed by atoms with van der Waals surface area (Å²) in [7, 11) is 0. The summed E-state index contributed by atoms with van der Waals surface area (Å²) in [5, 5.41) is 10.3. The number of aliphatic hydroxyl groups is 1. The van der Waals surface area contributed by atoms with Gasteiger partial charge >= 0.3 is 0 Å². The van der Waals surface area contributed by atoms with Crippen LogP contribution in [0, 0.1) is 29.2 Å². The molecule has 1 unspecified atom stereocenters.